The van der Waals surface area contributed by atoms with Crippen molar-refractivity contribution in [1.29, 1.82) is 0 Å². The lowest BCUT2D eigenvalue weighted by atomic mass is 10.1. The number of carbonyl (C=O) groups is 1. The topological polar surface area (TPSA) is 61.0 Å². The molecule has 100 valence electrons. The number of amides is 1. The minimum atomic E-state index is -0.445. The maximum Gasteiger partial charge on any atom is 0.256 e. The Morgan fingerprint density at radius 1 is 1.53 bits per heavy atom. The fourth-order valence-electron chi connectivity index (χ4n) is 1.84. The predicted octanol–water partition coefficient (Wildman–Crippen LogP) is 1.86. The van der Waals surface area contributed by atoms with Crippen LogP contribution in [0.25, 0.3) is 0 Å². The molecule has 5 nitrogen and oxygen atoms in total. The average molecular weight is 262 g/mol. The average Bonchev–Trinajstić information content (AvgIpc) is 2.90. The number of benzene rings is 1. The summed E-state index contributed by atoms with van der Waals surface area (Å²) in [6.45, 7) is 0.339. The van der Waals surface area contributed by atoms with E-state index < -0.39 is 5.82 Å². The first-order valence-corrected chi connectivity index (χ1v) is 5.83. The summed E-state index contributed by atoms with van der Waals surface area (Å²) in [7, 11) is 3.23. The number of aromatic amines is 1. The first kappa shape index (κ1) is 13.1. The minimum absolute atomic E-state index is 0.207. The number of H-pyrrole nitrogens is 1. The van der Waals surface area contributed by atoms with Gasteiger partial charge in [-0.05, 0) is 12.1 Å². The molecule has 0 saturated carbocycles. The van der Waals surface area contributed by atoms with E-state index in [1.807, 2.05) is 0 Å². The number of para-hydroxylation sites is 1. The van der Waals surface area contributed by atoms with E-state index in [0.29, 0.717) is 17.9 Å². The van der Waals surface area contributed by atoms with Gasteiger partial charge in [-0.1, -0.05) is 6.07 Å². The Kier molecular flexibility index (Phi) is 3.79. The number of nitrogens with zero attached hydrogens (tertiary/aromatic N) is 2. The Morgan fingerprint density at radius 3 is 2.95 bits per heavy atom. The van der Waals surface area contributed by atoms with Crippen LogP contribution in [-0.4, -0.2) is 34.9 Å². The van der Waals surface area contributed by atoms with E-state index in [0.717, 1.165) is 0 Å². The van der Waals surface area contributed by atoms with Crippen LogP contribution in [0.4, 0.5) is 10.1 Å². The van der Waals surface area contributed by atoms with Crippen LogP contribution in [0.1, 0.15) is 16.2 Å². The monoisotopic (exact) mass is 262 g/mol. The van der Waals surface area contributed by atoms with Gasteiger partial charge in [0.2, 0.25) is 0 Å². The molecule has 0 spiro atoms. The lowest BCUT2D eigenvalue weighted by Crippen LogP contribution is -2.27. The second kappa shape index (κ2) is 5.51. The van der Waals surface area contributed by atoms with E-state index in [9.17, 15) is 9.18 Å². The molecule has 0 saturated heterocycles. The molecule has 0 unspecified atom stereocenters. The Balaban J connectivity index is 2.22. The Bertz CT molecular complexity index is 568. The Labute approximate surface area is 110 Å². The highest BCUT2D eigenvalue weighted by atomic mass is 19.1. The number of carbonyl (C=O) groups excluding carboxylic acids is 1. The molecule has 0 aliphatic heterocycles. The molecule has 0 aliphatic carbocycles. The van der Waals surface area contributed by atoms with Gasteiger partial charge in [-0.3, -0.25) is 4.79 Å². The summed E-state index contributed by atoms with van der Waals surface area (Å²) in [4.78, 5) is 20.7. The van der Waals surface area contributed by atoms with Crippen molar-refractivity contribution in [2.45, 2.75) is 6.54 Å². The van der Waals surface area contributed by atoms with Crippen LogP contribution in [0.15, 0.2) is 30.6 Å². The zero-order valence-corrected chi connectivity index (χ0v) is 10.8. The predicted molar refractivity (Wildman–Crippen MR) is 70.3 cm³/mol. The normalized spacial score (nSPS) is 10.3. The number of hydrogen-bond donors (Lipinski definition) is 2. The van der Waals surface area contributed by atoms with Crippen molar-refractivity contribution in [3.63, 3.8) is 0 Å². The molecule has 0 bridgehead atoms. The van der Waals surface area contributed by atoms with Gasteiger partial charge in [-0.25, -0.2) is 9.37 Å². The molecule has 2 rings (SSSR count). The molecular weight excluding hydrogens is 247 g/mol. The molecule has 2 aromatic rings. The van der Waals surface area contributed by atoms with Crippen LogP contribution >= 0.6 is 0 Å². The molecule has 0 aliphatic rings. The van der Waals surface area contributed by atoms with Gasteiger partial charge in [0.05, 0.1) is 17.8 Å². The first-order valence-electron chi connectivity index (χ1n) is 5.83. The standard InChI is InChI=1S/C13H15FN4O/c1-15-12-9(4-3-5-10(12)14)13(19)18(2)8-11-16-6-7-17-11/h3-7,15H,8H2,1-2H3,(H,16,17). The van der Waals surface area contributed by atoms with Gasteiger partial charge in [-0.15, -0.1) is 0 Å². The van der Waals surface area contributed by atoms with Crippen LogP contribution in [0.5, 0.6) is 0 Å². The number of halogens is 1. The summed E-state index contributed by atoms with van der Waals surface area (Å²) in [5.41, 5.74) is 0.510. The highest BCUT2D eigenvalue weighted by molar-refractivity contribution is 5.99. The van der Waals surface area contributed by atoms with Crippen LogP contribution in [0.3, 0.4) is 0 Å². The summed E-state index contributed by atoms with van der Waals surface area (Å²) in [5.74, 6) is -0.0294. The fourth-order valence-corrected chi connectivity index (χ4v) is 1.84. The maximum absolute atomic E-state index is 13.6. The van der Waals surface area contributed by atoms with E-state index in [2.05, 4.69) is 15.3 Å². The SMILES string of the molecule is CNc1c(F)cccc1C(=O)N(C)Cc1ncc[nH]1. The molecule has 1 aromatic heterocycles. The largest absolute Gasteiger partial charge is 0.385 e. The molecular formula is C13H15FN4O. The first-order chi connectivity index (χ1) is 9.13. The molecule has 2 N–H and O–H groups in total. The third kappa shape index (κ3) is 2.73. The number of anilines is 1. The van der Waals surface area contributed by atoms with Gasteiger partial charge in [0.15, 0.2) is 0 Å². The number of aromatic nitrogens is 2. The second-order valence-electron chi connectivity index (χ2n) is 4.11. The third-order valence-corrected chi connectivity index (χ3v) is 2.78. The summed E-state index contributed by atoms with van der Waals surface area (Å²) >= 11 is 0. The minimum Gasteiger partial charge on any atom is -0.385 e. The van der Waals surface area contributed by atoms with Gasteiger partial charge >= 0.3 is 0 Å². The Morgan fingerprint density at radius 2 is 2.32 bits per heavy atom. The maximum atomic E-state index is 13.6. The van der Waals surface area contributed by atoms with E-state index in [1.54, 1.807) is 32.6 Å². The van der Waals surface area contributed by atoms with Crippen LogP contribution in [0.2, 0.25) is 0 Å². The third-order valence-electron chi connectivity index (χ3n) is 2.78. The molecule has 0 fully saturated rings. The molecule has 1 amide bonds. The van der Waals surface area contributed by atoms with E-state index in [1.165, 1.54) is 17.0 Å². The van der Waals surface area contributed by atoms with Gasteiger partial charge < -0.3 is 15.2 Å². The molecule has 0 radical (unpaired) electrons. The van der Waals surface area contributed by atoms with Crippen LogP contribution in [0, 0.1) is 5.82 Å². The zero-order valence-electron chi connectivity index (χ0n) is 10.8. The van der Waals surface area contributed by atoms with Crippen molar-refractivity contribution >= 4 is 11.6 Å². The fraction of sp³-hybridized carbons (Fsp3) is 0.231. The molecule has 19 heavy (non-hydrogen) atoms. The molecule has 1 aromatic carbocycles. The van der Waals surface area contributed by atoms with E-state index in [-0.39, 0.29) is 11.6 Å². The smallest absolute Gasteiger partial charge is 0.256 e. The number of imidazole rings is 1. The van der Waals surface area contributed by atoms with Crippen molar-refractivity contribution in [3.05, 3.63) is 47.8 Å². The second-order valence-corrected chi connectivity index (χ2v) is 4.11. The summed E-state index contributed by atoms with van der Waals surface area (Å²) < 4.78 is 13.6. The lowest BCUT2D eigenvalue weighted by Gasteiger charge is -2.18. The summed E-state index contributed by atoms with van der Waals surface area (Å²) in [6, 6.07) is 4.43. The zero-order chi connectivity index (χ0) is 13.8. The molecule has 6 heteroatoms. The summed E-state index contributed by atoms with van der Waals surface area (Å²) in [6.07, 6.45) is 3.31. The highest BCUT2D eigenvalue weighted by Crippen LogP contribution is 2.20. The van der Waals surface area contributed by atoms with Gasteiger partial charge in [0, 0.05) is 26.5 Å². The van der Waals surface area contributed by atoms with E-state index >= 15 is 0 Å². The van der Waals surface area contributed by atoms with Crippen molar-refractivity contribution in [3.8, 4) is 0 Å². The number of hydrogen-bond acceptors (Lipinski definition) is 3. The van der Waals surface area contributed by atoms with Crippen molar-refractivity contribution in [2.75, 3.05) is 19.4 Å². The van der Waals surface area contributed by atoms with Crippen LogP contribution in [-0.2, 0) is 6.54 Å². The lowest BCUT2D eigenvalue weighted by molar-refractivity contribution is 0.0782. The van der Waals surface area contributed by atoms with Crippen molar-refractivity contribution in [1.82, 2.24) is 14.9 Å². The quantitative estimate of drug-likeness (QED) is 0.884. The van der Waals surface area contributed by atoms with Crippen LogP contribution < -0.4 is 5.32 Å². The van der Waals surface area contributed by atoms with Gasteiger partial charge in [0.25, 0.3) is 5.91 Å². The van der Waals surface area contributed by atoms with Gasteiger partial charge in [0.1, 0.15) is 11.6 Å². The molecule has 0 atom stereocenters. The number of nitrogens with one attached hydrogen (secondary N) is 2. The van der Waals surface area contributed by atoms with Crippen molar-refractivity contribution in [2.24, 2.45) is 0 Å². The molecule has 1 heterocycles. The van der Waals surface area contributed by atoms with Gasteiger partial charge in [-0.2, -0.15) is 0 Å². The number of rotatable bonds is 4. The Hall–Kier alpha value is -2.37. The van der Waals surface area contributed by atoms with Crippen molar-refractivity contribution < 1.29 is 9.18 Å². The highest BCUT2D eigenvalue weighted by Gasteiger charge is 2.18. The van der Waals surface area contributed by atoms with E-state index in [4.69, 9.17) is 0 Å². The summed E-state index contributed by atoms with van der Waals surface area (Å²) in [5, 5.41) is 2.71.